The first kappa shape index (κ1) is 20.5. The molecule has 1 unspecified atom stereocenters. The lowest BCUT2D eigenvalue weighted by molar-refractivity contribution is -0.385. The fourth-order valence-electron chi connectivity index (χ4n) is 2.62. The Morgan fingerprint density at radius 1 is 1.34 bits per heavy atom. The number of rotatable bonds is 7. The fourth-order valence-corrected chi connectivity index (χ4v) is 3.58. The number of halogens is 1. The zero-order valence-corrected chi connectivity index (χ0v) is 15.9. The van der Waals surface area contributed by atoms with Gasteiger partial charge in [0.25, 0.3) is 5.69 Å². The summed E-state index contributed by atoms with van der Waals surface area (Å²) in [5.41, 5.74) is 3.41. The lowest BCUT2D eigenvalue weighted by atomic mass is 10.1. The minimum atomic E-state index is -0.658. The van der Waals surface area contributed by atoms with E-state index in [0.717, 1.165) is 11.6 Å². The number of nitrogens with zero attached hydrogens (tertiary/aromatic N) is 3. The molecule has 0 saturated heterocycles. The topological polar surface area (TPSA) is 97.6 Å². The first-order valence-electron chi connectivity index (χ1n) is 8.56. The molecule has 1 aromatic carbocycles. The van der Waals surface area contributed by atoms with Gasteiger partial charge in [-0.05, 0) is 41.7 Å². The summed E-state index contributed by atoms with van der Waals surface area (Å²) in [6, 6.07) is 6.69. The highest BCUT2D eigenvalue weighted by atomic mass is 32.2. The minimum absolute atomic E-state index is 0.0748. The van der Waals surface area contributed by atoms with Gasteiger partial charge in [-0.15, -0.1) is 11.8 Å². The van der Waals surface area contributed by atoms with Crippen LogP contribution in [0, 0.1) is 15.9 Å². The summed E-state index contributed by atoms with van der Waals surface area (Å²) in [5, 5.41) is 12.6. The smallest absolute Gasteiger partial charge is 0.282 e. The summed E-state index contributed by atoms with van der Waals surface area (Å²) in [6.07, 6.45) is 8.50. The Bertz CT molecular complexity index is 939. The molecule has 0 spiro atoms. The maximum Gasteiger partial charge on any atom is 0.346 e. The van der Waals surface area contributed by atoms with Crippen LogP contribution in [0.25, 0.3) is 0 Å². The van der Waals surface area contributed by atoms with Crippen LogP contribution in [0.3, 0.4) is 0 Å². The van der Waals surface area contributed by atoms with Crippen LogP contribution < -0.4 is 5.48 Å². The summed E-state index contributed by atoms with van der Waals surface area (Å²) in [7, 11) is 0. The van der Waals surface area contributed by atoms with E-state index in [-0.39, 0.29) is 24.1 Å². The largest absolute Gasteiger partial charge is 0.346 e. The quantitative estimate of drug-likeness (QED) is 0.316. The highest BCUT2D eigenvalue weighted by Crippen LogP contribution is 2.38. The minimum Gasteiger partial charge on any atom is -0.282 e. The van der Waals surface area contributed by atoms with Crippen molar-refractivity contribution in [3.63, 3.8) is 0 Å². The van der Waals surface area contributed by atoms with Gasteiger partial charge < -0.3 is 0 Å². The molecule has 1 aliphatic heterocycles. The molecule has 0 radical (unpaired) electrons. The van der Waals surface area contributed by atoms with Crippen molar-refractivity contribution in [3.05, 3.63) is 93.5 Å². The molecule has 0 bridgehead atoms. The number of nitro groups is 1. The number of hydrogen-bond acceptors (Lipinski definition) is 6. The van der Waals surface area contributed by atoms with E-state index in [2.05, 4.69) is 10.5 Å². The molecular formula is C19H17FN4O4S. The number of hydrogen-bond donors (Lipinski definition) is 1. The molecule has 150 valence electrons. The Balaban J connectivity index is 1.46. The predicted octanol–water partition coefficient (Wildman–Crippen LogP) is 4.09. The van der Waals surface area contributed by atoms with Crippen LogP contribution in [0.5, 0.6) is 0 Å². The van der Waals surface area contributed by atoms with Crippen LogP contribution in [0.15, 0.2) is 66.5 Å². The second-order valence-electron chi connectivity index (χ2n) is 5.89. The van der Waals surface area contributed by atoms with Crippen molar-refractivity contribution >= 4 is 23.5 Å². The zero-order chi connectivity index (χ0) is 20.6. The van der Waals surface area contributed by atoms with Gasteiger partial charge in [-0.25, -0.2) is 14.7 Å². The first-order chi connectivity index (χ1) is 14.1. The second kappa shape index (κ2) is 9.80. The number of allylic oxidation sites excluding steroid dienone is 1. The zero-order valence-electron chi connectivity index (χ0n) is 15.1. The van der Waals surface area contributed by atoms with Gasteiger partial charge in [0, 0.05) is 24.2 Å². The van der Waals surface area contributed by atoms with Crippen LogP contribution >= 0.6 is 11.8 Å². The Hall–Kier alpha value is -3.24. The van der Waals surface area contributed by atoms with Crippen LogP contribution in [-0.2, 0) is 11.3 Å². The standard InChI is InChI=1S/C19H17FN4O4S/c20-16-5-4-14(17(13-16)24(26)27)3-1-2-11-28-22-19(25)23-10-12-29-18(23)15-6-8-21-9-7-15/h1-2,4-10,12-13,18H,3,11H2,(H,22,25). The summed E-state index contributed by atoms with van der Waals surface area (Å²) in [5.74, 6) is -0.658. The third kappa shape index (κ3) is 5.39. The number of benzene rings is 1. The lowest BCUT2D eigenvalue weighted by Gasteiger charge is -2.22. The monoisotopic (exact) mass is 416 g/mol. The van der Waals surface area contributed by atoms with Gasteiger partial charge in [0.05, 0.1) is 17.6 Å². The maximum atomic E-state index is 13.1. The van der Waals surface area contributed by atoms with Crippen LogP contribution in [-0.4, -0.2) is 27.4 Å². The number of carbonyl (C=O) groups excluding carboxylic acids is 1. The van der Waals surface area contributed by atoms with E-state index in [1.807, 2.05) is 17.5 Å². The SMILES string of the molecule is O=C(NOCC=CCc1ccc(F)cc1[N+](=O)[O-])N1C=CSC1c1ccncc1. The third-order valence-corrected chi connectivity index (χ3v) is 5.03. The van der Waals surface area contributed by atoms with Crippen molar-refractivity contribution in [2.45, 2.75) is 11.8 Å². The highest BCUT2D eigenvalue weighted by molar-refractivity contribution is 8.02. The first-order valence-corrected chi connectivity index (χ1v) is 9.50. The molecule has 1 N–H and O–H groups in total. The molecule has 1 atom stereocenters. The van der Waals surface area contributed by atoms with Crippen LogP contribution in [0.1, 0.15) is 16.5 Å². The molecule has 29 heavy (non-hydrogen) atoms. The fraction of sp³-hybridized carbons (Fsp3) is 0.158. The molecule has 2 aromatic rings. The molecule has 0 saturated carbocycles. The Labute approximate surface area is 170 Å². The van der Waals surface area contributed by atoms with Crippen molar-refractivity contribution in [3.8, 4) is 0 Å². The predicted molar refractivity (Wildman–Crippen MR) is 106 cm³/mol. The Morgan fingerprint density at radius 3 is 2.90 bits per heavy atom. The van der Waals surface area contributed by atoms with Gasteiger partial charge in [0.2, 0.25) is 0 Å². The van der Waals surface area contributed by atoms with Gasteiger partial charge in [0.15, 0.2) is 0 Å². The average molecular weight is 416 g/mol. The number of hydroxylamine groups is 1. The van der Waals surface area contributed by atoms with Crippen LogP contribution in [0.4, 0.5) is 14.9 Å². The molecule has 0 aliphatic carbocycles. The average Bonchev–Trinajstić information content (AvgIpc) is 3.22. The van der Waals surface area contributed by atoms with Crippen molar-refractivity contribution < 1.29 is 18.9 Å². The number of aromatic nitrogens is 1. The van der Waals surface area contributed by atoms with Gasteiger partial charge in [0.1, 0.15) is 11.2 Å². The number of carbonyl (C=O) groups is 1. The molecular weight excluding hydrogens is 399 g/mol. The number of nitro benzene ring substituents is 1. The van der Waals surface area contributed by atoms with Crippen LogP contribution in [0.2, 0.25) is 0 Å². The lowest BCUT2D eigenvalue weighted by Crippen LogP contribution is -2.36. The Kier molecular flexibility index (Phi) is 6.93. The molecule has 2 heterocycles. The molecule has 3 rings (SSSR count). The van der Waals surface area contributed by atoms with E-state index in [9.17, 15) is 19.3 Å². The van der Waals surface area contributed by atoms with E-state index in [1.165, 1.54) is 28.8 Å². The molecule has 1 aromatic heterocycles. The van der Waals surface area contributed by atoms with Gasteiger partial charge >= 0.3 is 6.03 Å². The summed E-state index contributed by atoms with van der Waals surface area (Å²) in [4.78, 5) is 33.3. The van der Waals surface area contributed by atoms with E-state index in [0.29, 0.717) is 5.56 Å². The molecule has 0 fully saturated rings. The van der Waals surface area contributed by atoms with E-state index < -0.39 is 16.8 Å². The summed E-state index contributed by atoms with van der Waals surface area (Å²) in [6.45, 7) is 0.0748. The van der Waals surface area contributed by atoms with Gasteiger partial charge in [-0.2, -0.15) is 0 Å². The number of nitrogens with one attached hydrogen (secondary N) is 1. The molecule has 2 amide bonds. The highest BCUT2D eigenvalue weighted by Gasteiger charge is 2.27. The van der Waals surface area contributed by atoms with Gasteiger partial charge in [-0.1, -0.05) is 12.2 Å². The molecule has 8 nitrogen and oxygen atoms in total. The van der Waals surface area contributed by atoms with Crippen molar-refractivity contribution in [1.82, 2.24) is 15.4 Å². The molecule has 10 heteroatoms. The van der Waals surface area contributed by atoms with Gasteiger partial charge in [-0.3, -0.25) is 24.8 Å². The Morgan fingerprint density at radius 2 is 2.14 bits per heavy atom. The molecule has 1 aliphatic rings. The summed E-state index contributed by atoms with van der Waals surface area (Å²) >= 11 is 1.49. The van der Waals surface area contributed by atoms with E-state index in [1.54, 1.807) is 30.7 Å². The van der Waals surface area contributed by atoms with E-state index in [4.69, 9.17) is 4.84 Å². The maximum absolute atomic E-state index is 13.1. The number of pyridine rings is 1. The van der Waals surface area contributed by atoms with Crippen molar-refractivity contribution in [1.29, 1.82) is 0 Å². The summed E-state index contributed by atoms with van der Waals surface area (Å²) < 4.78 is 13.1. The number of thioether (sulfide) groups is 1. The normalized spacial score (nSPS) is 15.8. The van der Waals surface area contributed by atoms with Crippen molar-refractivity contribution in [2.75, 3.05) is 6.61 Å². The number of urea groups is 1. The number of amides is 2. The second-order valence-corrected chi connectivity index (χ2v) is 6.88. The third-order valence-electron chi connectivity index (χ3n) is 3.99. The van der Waals surface area contributed by atoms with Crippen molar-refractivity contribution in [2.24, 2.45) is 0 Å². The van der Waals surface area contributed by atoms with E-state index >= 15 is 0 Å².